The zero-order chi connectivity index (χ0) is 18.1. The lowest BCUT2D eigenvalue weighted by Gasteiger charge is -2.10. The SMILES string of the molecule is COc1ccc(CNC(=O)NCC#Cc2ccccc2F)cc1OC. The van der Waals surface area contributed by atoms with Crippen LogP contribution in [0.5, 0.6) is 11.5 Å². The highest BCUT2D eigenvalue weighted by Gasteiger charge is 2.05. The number of halogens is 1. The van der Waals surface area contributed by atoms with E-state index in [4.69, 9.17) is 9.47 Å². The summed E-state index contributed by atoms with van der Waals surface area (Å²) in [6.45, 7) is 0.443. The molecule has 0 aliphatic carbocycles. The number of rotatable bonds is 5. The molecule has 25 heavy (non-hydrogen) atoms. The van der Waals surface area contributed by atoms with E-state index in [-0.39, 0.29) is 18.4 Å². The van der Waals surface area contributed by atoms with Crippen molar-refractivity contribution in [3.8, 4) is 23.3 Å². The highest BCUT2D eigenvalue weighted by atomic mass is 19.1. The molecule has 2 rings (SSSR count). The molecular weight excluding hydrogens is 323 g/mol. The van der Waals surface area contributed by atoms with Crippen LogP contribution in [-0.2, 0) is 6.54 Å². The Labute approximate surface area is 146 Å². The number of benzene rings is 2. The van der Waals surface area contributed by atoms with Crippen molar-refractivity contribution in [3.05, 3.63) is 59.4 Å². The highest BCUT2D eigenvalue weighted by molar-refractivity contribution is 5.74. The summed E-state index contributed by atoms with van der Waals surface area (Å²) in [5.41, 5.74) is 1.17. The van der Waals surface area contributed by atoms with Crippen LogP contribution in [0.4, 0.5) is 9.18 Å². The molecule has 0 atom stereocenters. The Morgan fingerprint density at radius 1 is 1.08 bits per heavy atom. The molecule has 5 nitrogen and oxygen atoms in total. The monoisotopic (exact) mass is 342 g/mol. The average molecular weight is 342 g/mol. The Morgan fingerprint density at radius 2 is 1.84 bits per heavy atom. The summed E-state index contributed by atoms with van der Waals surface area (Å²) in [5, 5.41) is 5.30. The summed E-state index contributed by atoms with van der Waals surface area (Å²) in [7, 11) is 3.11. The van der Waals surface area contributed by atoms with E-state index in [0.717, 1.165) is 5.56 Å². The quantitative estimate of drug-likeness (QED) is 0.822. The molecule has 2 aromatic carbocycles. The lowest BCUT2D eigenvalue weighted by molar-refractivity contribution is 0.241. The number of hydrogen-bond acceptors (Lipinski definition) is 3. The van der Waals surface area contributed by atoms with E-state index in [2.05, 4.69) is 22.5 Å². The molecule has 0 aliphatic rings. The van der Waals surface area contributed by atoms with Crippen molar-refractivity contribution in [1.29, 1.82) is 0 Å². The first-order chi connectivity index (χ1) is 12.1. The van der Waals surface area contributed by atoms with Gasteiger partial charge in [0.2, 0.25) is 0 Å². The van der Waals surface area contributed by atoms with Gasteiger partial charge >= 0.3 is 6.03 Å². The maximum Gasteiger partial charge on any atom is 0.315 e. The second kappa shape index (κ2) is 9.18. The molecule has 0 radical (unpaired) electrons. The first kappa shape index (κ1) is 18.1. The minimum Gasteiger partial charge on any atom is -0.493 e. The highest BCUT2D eigenvalue weighted by Crippen LogP contribution is 2.27. The van der Waals surface area contributed by atoms with Crippen molar-refractivity contribution in [2.24, 2.45) is 0 Å². The minimum absolute atomic E-state index is 0.117. The van der Waals surface area contributed by atoms with Gasteiger partial charge in [-0.2, -0.15) is 0 Å². The number of hydrogen-bond donors (Lipinski definition) is 2. The minimum atomic E-state index is -0.382. The number of nitrogens with one attached hydrogen (secondary N) is 2. The number of carbonyl (C=O) groups is 1. The Kier molecular flexibility index (Phi) is 6.66. The fourth-order valence-corrected chi connectivity index (χ4v) is 2.06. The summed E-state index contributed by atoms with van der Waals surface area (Å²) in [4.78, 5) is 11.8. The maximum atomic E-state index is 13.4. The molecule has 2 aromatic rings. The molecule has 0 unspecified atom stereocenters. The van der Waals surface area contributed by atoms with E-state index in [1.54, 1.807) is 44.6 Å². The topological polar surface area (TPSA) is 59.6 Å². The zero-order valence-electron chi connectivity index (χ0n) is 14.1. The van der Waals surface area contributed by atoms with Gasteiger partial charge in [-0.1, -0.05) is 30.0 Å². The van der Waals surface area contributed by atoms with Gasteiger partial charge in [-0.15, -0.1) is 0 Å². The zero-order valence-corrected chi connectivity index (χ0v) is 14.1. The average Bonchev–Trinajstić information content (AvgIpc) is 2.64. The van der Waals surface area contributed by atoms with Gasteiger partial charge in [-0.25, -0.2) is 9.18 Å². The van der Waals surface area contributed by atoms with E-state index >= 15 is 0 Å². The Hall–Kier alpha value is -3.20. The third-order valence-electron chi connectivity index (χ3n) is 3.34. The molecule has 0 saturated heterocycles. The number of ether oxygens (including phenoxy) is 2. The van der Waals surface area contributed by atoms with Crippen LogP contribution >= 0.6 is 0 Å². The number of urea groups is 1. The molecule has 0 saturated carbocycles. The molecule has 2 N–H and O–H groups in total. The predicted octanol–water partition coefficient (Wildman–Crippen LogP) is 2.69. The molecule has 130 valence electrons. The van der Waals surface area contributed by atoms with Crippen LogP contribution in [0.2, 0.25) is 0 Å². The van der Waals surface area contributed by atoms with Gasteiger partial charge in [0, 0.05) is 6.54 Å². The van der Waals surface area contributed by atoms with Crippen LogP contribution in [0.1, 0.15) is 11.1 Å². The van der Waals surface area contributed by atoms with E-state index < -0.39 is 0 Å². The Balaban J connectivity index is 1.81. The summed E-state index contributed by atoms with van der Waals surface area (Å²) < 4.78 is 23.8. The molecule has 0 spiro atoms. The van der Waals surface area contributed by atoms with Crippen molar-refractivity contribution in [3.63, 3.8) is 0 Å². The fraction of sp³-hybridized carbons (Fsp3) is 0.211. The van der Waals surface area contributed by atoms with E-state index in [1.807, 2.05) is 6.07 Å². The molecule has 0 heterocycles. The van der Waals surface area contributed by atoms with Crippen molar-refractivity contribution in [2.75, 3.05) is 20.8 Å². The second-order valence-corrected chi connectivity index (χ2v) is 5.01. The number of methoxy groups -OCH3 is 2. The van der Waals surface area contributed by atoms with Crippen LogP contribution in [0.3, 0.4) is 0 Å². The van der Waals surface area contributed by atoms with E-state index in [9.17, 15) is 9.18 Å². The van der Waals surface area contributed by atoms with E-state index in [1.165, 1.54) is 6.07 Å². The molecule has 0 aromatic heterocycles. The third-order valence-corrected chi connectivity index (χ3v) is 3.34. The first-order valence-electron chi connectivity index (χ1n) is 7.60. The summed E-state index contributed by atoms with van der Waals surface area (Å²) in [6, 6.07) is 11.3. The standard InChI is InChI=1S/C19H19FN2O3/c1-24-17-10-9-14(12-18(17)25-2)13-22-19(23)21-11-5-7-15-6-3-4-8-16(15)20/h3-4,6,8-10,12H,11,13H2,1-2H3,(H2,21,22,23). The van der Waals surface area contributed by atoms with Crippen LogP contribution < -0.4 is 20.1 Å². The van der Waals surface area contributed by atoms with Crippen molar-refractivity contribution in [1.82, 2.24) is 10.6 Å². The van der Waals surface area contributed by atoms with Crippen LogP contribution in [0.15, 0.2) is 42.5 Å². The smallest absolute Gasteiger partial charge is 0.315 e. The fourth-order valence-electron chi connectivity index (χ4n) is 2.06. The van der Waals surface area contributed by atoms with Gasteiger partial charge < -0.3 is 20.1 Å². The van der Waals surface area contributed by atoms with Crippen molar-refractivity contribution in [2.45, 2.75) is 6.54 Å². The molecule has 6 heteroatoms. The summed E-state index contributed by atoms with van der Waals surface area (Å²) >= 11 is 0. The van der Waals surface area contributed by atoms with Crippen LogP contribution in [0.25, 0.3) is 0 Å². The first-order valence-corrected chi connectivity index (χ1v) is 7.60. The van der Waals surface area contributed by atoms with Crippen LogP contribution in [-0.4, -0.2) is 26.8 Å². The van der Waals surface area contributed by atoms with Gasteiger partial charge in [0.15, 0.2) is 11.5 Å². The Morgan fingerprint density at radius 3 is 2.56 bits per heavy atom. The third kappa shape index (κ3) is 5.43. The van der Waals surface area contributed by atoms with Crippen LogP contribution in [0, 0.1) is 17.7 Å². The van der Waals surface area contributed by atoms with Gasteiger partial charge in [0.1, 0.15) is 5.82 Å². The predicted molar refractivity (Wildman–Crippen MR) is 93.1 cm³/mol. The molecule has 0 aliphatic heterocycles. The number of carbonyl (C=O) groups excluding carboxylic acids is 1. The normalized spacial score (nSPS) is 9.56. The number of amides is 2. The van der Waals surface area contributed by atoms with Gasteiger partial charge in [0.25, 0.3) is 0 Å². The van der Waals surface area contributed by atoms with Gasteiger partial charge in [-0.3, -0.25) is 0 Å². The van der Waals surface area contributed by atoms with Crippen molar-refractivity contribution < 1.29 is 18.7 Å². The largest absolute Gasteiger partial charge is 0.493 e. The van der Waals surface area contributed by atoms with Gasteiger partial charge in [0.05, 0.1) is 26.3 Å². The maximum absolute atomic E-state index is 13.4. The van der Waals surface area contributed by atoms with E-state index in [0.29, 0.717) is 23.6 Å². The summed E-state index contributed by atoms with van der Waals surface area (Å²) in [6.07, 6.45) is 0. The lowest BCUT2D eigenvalue weighted by Crippen LogP contribution is -2.35. The second-order valence-electron chi connectivity index (χ2n) is 5.01. The van der Waals surface area contributed by atoms with Crippen molar-refractivity contribution >= 4 is 6.03 Å². The molecular formula is C19H19FN2O3. The summed E-state index contributed by atoms with van der Waals surface area (Å²) in [5.74, 6) is 6.22. The lowest BCUT2D eigenvalue weighted by atomic mass is 10.2. The molecule has 2 amide bonds. The molecule has 0 bridgehead atoms. The Bertz CT molecular complexity index is 797. The van der Waals surface area contributed by atoms with Gasteiger partial charge in [-0.05, 0) is 29.8 Å². The molecule has 0 fully saturated rings.